The van der Waals surface area contributed by atoms with E-state index in [2.05, 4.69) is 20.8 Å². The summed E-state index contributed by atoms with van der Waals surface area (Å²) in [6.07, 6.45) is 4.02. The lowest BCUT2D eigenvalue weighted by Gasteiger charge is -2.09. The van der Waals surface area contributed by atoms with Crippen molar-refractivity contribution in [3.05, 3.63) is 0 Å². The van der Waals surface area contributed by atoms with Gasteiger partial charge in [-0.1, -0.05) is 34.1 Å². The highest BCUT2D eigenvalue weighted by atomic mass is 16.5. The van der Waals surface area contributed by atoms with Gasteiger partial charge >= 0.3 is 0 Å². The molecule has 0 aliphatic heterocycles. The van der Waals surface area contributed by atoms with Crippen molar-refractivity contribution >= 4 is 0 Å². The summed E-state index contributed by atoms with van der Waals surface area (Å²) in [4.78, 5) is 0. The summed E-state index contributed by atoms with van der Waals surface area (Å²) in [5, 5.41) is 0. The molecule has 1 unspecified atom stereocenters. The highest BCUT2D eigenvalue weighted by Gasteiger charge is 1.96. The maximum Gasteiger partial charge on any atom is 0.0546 e. The van der Waals surface area contributed by atoms with Gasteiger partial charge in [-0.2, -0.15) is 0 Å². The Balaban J connectivity index is 0. The van der Waals surface area contributed by atoms with Crippen LogP contribution >= 0.6 is 0 Å². The molecule has 0 heterocycles. The van der Waals surface area contributed by atoms with Gasteiger partial charge in [0.25, 0.3) is 0 Å². The Morgan fingerprint density at radius 3 is 2.00 bits per heavy atom. The molecule has 0 fully saturated rings. The van der Waals surface area contributed by atoms with Gasteiger partial charge in [-0.05, 0) is 19.8 Å². The van der Waals surface area contributed by atoms with Crippen LogP contribution in [0, 0.1) is 0 Å². The van der Waals surface area contributed by atoms with Crippen LogP contribution in [0.25, 0.3) is 0 Å². The third-order valence-electron chi connectivity index (χ3n) is 1.30. The fourth-order valence-electron chi connectivity index (χ4n) is 0.809. The summed E-state index contributed by atoms with van der Waals surface area (Å²) in [7, 11) is 0. The SMILES string of the molecule is CC.CCCOC(C)CCC. The molecule has 0 radical (unpaired) electrons. The number of ether oxygens (including phenoxy) is 1. The molecule has 0 aromatic carbocycles. The van der Waals surface area contributed by atoms with Gasteiger partial charge in [0, 0.05) is 6.61 Å². The summed E-state index contributed by atoms with van der Waals surface area (Å²) in [6, 6.07) is 0. The molecule has 1 heteroatoms. The standard InChI is InChI=1S/C8H18O.C2H6/c1-4-6-8(3)9-7-5-2;1-2/h8H,4-7H2,1-3H3;1-2H3. The Hall–Kier alpha value is -0.0400. The zero-order chi connectivity index (χ0) is 9.11. The van der Waals surface area contributed by atoms with E-state index in [1.807, 2.05) is 13.8 Å². The lowest BCUT2D eigenvalue weighted by molar-refractivity contribution is 0.0603. The molecule has 0 saturated heterocycles. The average Bonchev–Trinajstić information content (AvgIpc) is 2.05. The fraction of sp³-hybridized carbons (Fsp3) is 1.00. The van der Waals surface area contributed by atoms with Crippen LogP contribution < -0.4 is 0 Å². The van der Waals surface area contributed by atoms with Gasteiger partial charge in [0.1, 0.15) is 0 Å². The predicted molar refractivity (Wildman–Crippen MR) is 52.0 cm³/mol. The molecule has 1 atom stereocenters. The van der Waals surface area contributed by atoms with Crippen LogP contribution in [0.2, 0.25) is 0 Å². The second-order valence-corrected chi connectivity index (χ2v) is 2.47. The minimum atomic E-state index is 0.468. The quantitative estimate of drug-likeness (QED) is 0.596. The second-order valence-electron chi connectivity index (χ2n) is 2.47. The third-order valence-corrected chi connectivity index (χ3v) is 1.30. The smallest absolute Gasteiger partial charge is 0.0546 e. The van der Waals surface area contributed by atoms with Gasteiger partial charge < -0.3 is 4.74 Å². The van der Waals surface area contributed by atoms with Gasteiger partial charge in [-0.3, -0.25) is 0 Å². The van der Waals surface area contributed by atoms with Crippen LogP contribution in [-0.4, -0.2) is 12.7 Å². The first-order valence-corrected chi connectivity index (χ1v) is 4.92. The zero-order valence-electron chi connectivity index (χ0n) is 8.81. The van der Waals surface area contributed by atoms with Crippen LogP contribution in [0.3, 0.4) is 0 Å². The predicted octanol–water partition coefficient (Wildman–Crippen LogP) is 3.63. The van der Waals surface area contributed by atoms with Crippen molar-refractivity contribution in [3.8, 4) is 0 Å². The molecule has 0 aliphatic rings. The fourth-order valence-corrected chi connectivity index (χ4v) is 0.809. The van der Waals surface area contributed by atoms with E-state index in [-0.39, 0.29) is 0 Å². The minimum Gasteiger partial charge on any atom is -0.379 e. The topological polar surface area (TPSA) is 9.23 Å². The summed E-state index contributed by atoms with van der Waals surface area (Å²) < 4.78 is 5.43. The van der Waals surface area contributed by atoms with Gasteiger partial charge in [0.2, 0.25) is 0 Å². The van der Waals surface area contributed by atoms with E-state index in [1.54, 1.807) is 0 Å². The Bertz CT molecular complexity index is 52.8. The minimum absolute atomic E-state index is 0.468. The van der Waals surface area contributed by atoms with Crippen LogP contribution in [0.1, 0.15) is 53.9 Å². The van der Waals surface area contributed by atoms with Crippen LogP contribution in [0.15, 0.2) is 0 Å². The molecule has 0 aromatic heterocycles. The Morgan fingerprint density at radius 2 is 1.64 bits per heavy atom. The molecule has 0 saturated carbocycles. The van der Waals surface area contributed by atoms with Crippen molar-refractivity contribution in [1.29, 1.82) is 0 Å². The molecular weight excluding hydrogens is 136 g/mol. The molecule has 0 bridgehead atoms. The maximum atomic E-state index is 5.43. The Kier molecular flexibility index (Phi) is 15.5. The molecule has 70 valence electrons. The van der Waals surface area contributed by atoms with E-state index >= 15 is 0 Å². The van der Waals surface area contributed by atoms with E-state index in [0.29, 0.717) is 6.10 Å². The van der Waals surface area contributed by atoms with Crippen LogP contribution in [-0.2, 0) is 4.74 Å². The van der Waals surface area contributed by atoms with E-state index in [4.69, 9.17) is 4.74 Å². The summed E-state index contributed by atoms with van der Waals surface area (Å²) >= 11 is 0. The first-order valence-electron chi connectivity index (χ1n) is 4.92. The molecule has 0 rings (SSSR count). The van der Waals surface area contributed by atoms with Gasteiger partial charge in [-0.15, -0.1) is 0 Å². The van der Waals surface area contributed by atoms with E-state index in [1.165, 1.54) is 12.8 Å². The average molecular weight is 160 g/mol. The maximum absolute atomic E-state index is 5.43. The molecule has 0 aliphatic carbocycles. The largest absolute Gasteiger partial charge is 0.379 e. The van der Waals surface area contributed by atoms with Crippen LogP contribution in [0.5, 0.6) is 0 Å². The lowest BCUT2D eigenvalue weighted by Crippen LogP contribution is -2.07. The Morgan fingerprint density at radius 1 is 1.09 bits per heavy atom. The number of hydrogen-bond donors (Lipinski definition) is 0. The molecule has 0 N–H and O–H groups in total. The number of rotatable bonds is 5. The van der Waals surface area contributed by atoms with Gasteiger partial charge in [0.05, 0.1) is 6.10 Å². The second kappa shape index (κ2) is 12.6. The monoisotopic (exact) mass is 160 g/mol. The highest BCUT2D eigenvalue weighted by Crippen LogP contribution is 2.00. The molecule has 0 amide bonds. The third kappa shape index (κ3) is 13.0. The normalized spacial score (nSPS) is 11.7. The molecular formula is C10H24O. The van der Waals surface area contributed by atoms with E-state index < -0.39 is 0 Å². The Labute approximate surface area is 72.1 Å². The van der Waals surface area contributed by atoms with E-state index in [9.17, 15) is 0 Å². The van der Waals surface area contributed by atoms with Crippen LogP contribution in [0.4, 0.5) is 0 Å². The molecule has 11 heavy (non-hydrogen) atoms. The zero-order valence-corrected chi connectivity index (χ0v) is 8.81. The van der Waals surface area contributed by atoms with Gasteiger partial charge in [-0.25, -0.2) is 0 Å². The number of hydrogen-bond acceptors (Lipinski definition) is 1. The van der Waals surface area contributed by atoms with Crippen molar-refractivity contribution in [1.82, 2.24) is 0 Å². The first kappa shape index (κ1) is 13.5. The molecule has 0 spiro atoms. The highest BCUT2D eigenvalue weighted by molar-refractivity contribution is 4.46. The van der Waals surface area contributed by atoms with Crippen molar-refractivity contribution in [2.45, 2.75) is 60.0 Å². The van der Waals surface area contributed by atoms with Crippen molar-refractivity contribution in [2.75, 3.05) is 6.61 Å². The first-order chi connectivity index (χ1) is 5.31. The summed E-state index contributed by atoms with van der Waals surface area (Å²) in [5.41, 5.74) is 0. The van der Waals surface area contributed by atoms with Crippen molar-refractivity contribution in [2.24, 2.45) is 0 Å². The summed E-state index contributed by atoms with van der Waals surface area (Å²) in [5.74, 6) is 0. The van der Waals surface area contributed by atoms with Gasteiger partial charge in [0.15, 0.2) is 0 Å². The van der Waals surface area contributed by atoms with Crippen molar-refractivity contribution in [3.63, 3.8) is 0 Å². The molecule has 0 aromatic rings. The van der Waals surface area contributed by atoms with Crippen molar-refractivity contribution < 1.29 is 4.74 Å². The molecule has 1 nitrogen and oxygen atoms in total. The lowest BCUT2D eigenvalue weighted by atomic mass is 10.2. The summed E-state index contributed by atoms with van der Waals surface area (Å²) in [6.45, 7) is 11.4. The van der Waals surface area contributed by atoms with E-state index in [0.717, 1.165) is 13.0 Å².